The Kier molecular flexibility index (Phi) is 6.37. The van der Waals surface area contributed by atoms with Gasteiger partial charge >= 0.3 is 0 Å². The lowest BCUT2D eigenvalue weighted by Crippen LogP contribution is -2.32. The fourth-order valence-corrected chi connectivity index (χ4v) is 3.54. The number of rotatable bonds is 7. The van der Waals surface area contributed by atoms with Crippen LogP contribution in [0.4, 0.5) is 5.82 Å². The van der Waals surface area contributed by atoms with Gasteiger partial charge in [-0.05, 0) is 36.4 Å². The second-order valence-corrected chi connectivity index (χ2v) is 7.36. The van der Waals surface area contributed by atoms with E-state index >= 15 is 0 Å². The average molecular weight is 378 g/mol. The molecule has 1 aliphatic heterocycles. The van der Waals surface area contributed by atoms with Crippen LogP contribution in [0.2, 0.25) is 0 Å². The van der Waals surface area contributed by atoms with Crippen molar-refractivity contribution in [1.82, 2.24) is 15.5 Å². The number of carbonyl (C=O) groups is 2. The fraction of sp³-hybridized carbons (Fsp3) is 0.375. The van der Waals surface area contributed by atoms with Gasteiger partial charge in [-0.25, -0.2) is 0 Å². The Morgan fingerprint density at radius 3 is 2.92 bits per heavy atom. The Morgan fingerprint density at radius 1 is 1.32 bits per heavy atom. The van der Waals surface area contributed by atoms with Crippen LogP contribution in [0.25, 0.3) is 0 Å². The summed E-state index contributed by atoms with van der Waals surface area (Å²) >= 11 is 2.66. The summed E-state index contributed by atoms with van der Waals surface area (Å²) in [6.07, 6.45) is 2.19. The van der Waals surface area contributed by atoms with Gasteiger partial charge in [-0.2, -0.15) is 0 Å². The van der Waals surface area contributed by atoms with Crippen molar-refractivity contribution in [3.63, 3.8) is 0 Å². The lowest BCUT2D eigenvalue weighted by molar-refractivity contribution is -0.119. The first-order valence-corrected chi connectivity index (χ1v) is 9.77. The molecular formula is C16H18N4O3S2. The molecule has 25 heavy (non-hydrogen) atoms. The maximum absolute atomic E-state index is 11.9. The number of nitrogens with zero attached hydrogens (tertiary/aromatic N) is 2. The molecule has 0 bridgehead atoms. The standard InChI is InChI=1S/C16H18N4O3S2/c21-14(17-9-11-3-1-7-23-11)10-25-15-6-5-13(19-20-15)18-16(22)12-4-2-8-24-12/h2,4-6,8,11H,1,3,7,9-10H2,(H,17,21)(H,18,19,22). The SMILES string of the molecule is O=C(CSc1ccc(NC(=O)c2cccs2)nn1)NCC1CCCO1. The monoisotopic (exact) mass is 378 g/mol. The van der Waals surface area contributed by atoms with Crippen molar-refractivity contribution in [3.05, 3.63) is 34.5 Å². The molecule has 1 atom stereocenters. The summed E-state index contributed by atoms with van der Waals surface area (Å²) in [6, 6.07) is 6.96. The Hall–Kier alpha value is -1.97. The highest BCUT2D eigenvalue weighted by Crippen LogP contribution is 2.16. The molecule has 1 aliphatic rings. The fourth-order valence-electron chi connectivity index (χ4n) is 2.27. The highest BCUT2D eigenvalue weighted by atomic mass is 32.2. The molecule has 9 heteroatoms. The van der Waals surface area contributed by atoms with Gasteiger partial charge in [-0.15, -0.1) is 21.5 Å². The first-order valence-electron chi connectivity index (χ1n) is 7.90. The number of anilines is 1. The zero-order valence-electron chi connectivity index (χ0n) is 13.4. The van der Waals surface area contributed by atoms with Crippen LogP contribution >= 0.6 is 23.1 Å². The molecule has 7 nitrogen and oxygen atoms in total. The van der Waals surface area contributed by atoms with Crippen LogP contribution < -0.4 is 10.6 Å². The number of nitrogens with one attached hydrogen (secondary N) is 2. The Balaban J connectivity index is 1.41. The second kappa shape index (κ2) is 8.93. The van der Waals surface area contributed by atoms with Gasteiger partial charge in [0.05, 0.1) is 16.7 Å². The van der Waals surface area contributed by atoms with Gasteiger partial charge in [0, 0.05) is 13.2 Å². The third-order valence-electron chi connectivity index (χ3n) is 3.53. The summed E-state index contributed by atoms with van der Waals surface area (Å²) in [5.41, 5.74) is 0. The van der Waals surface area contributed by atoms with E-state index in [1.54, 1.807) is 18.2 Å². The molecule has 1 saturated heterocycles. The van der Waals surface area contributed by atoms with Crippen LogP contribution in [0.5, 0.6) is 0 Å². The first-order chi connectivity index (χ1) is 12.2. The minimum absolute atomic E-state index is 0.0580. The molecule has 3 rings (SSSR count). The van der Waals surface area contributed by atoms with Crippen molar-refractivity contribution in [3.8, 4) is 0 Å². The molecule has 132 valence electrons. The molecule has 1 fully saturated rings. The van der Waals surface area contributed by atoms with Crippen LogP contribution in [0.1, 0.15) is 22.5 Å². The minimum Gasteiger partial charge on any atom is -0.376 e. The summed E-state index contributed by atoms with van der Waals surface area (Å²) in [5, 5.41) is 16.0. The van der Waals surface area contributed by atoms with Crippen LogP contribution in [0.3, 0.4) is 0 Å². The van der Waals surface area contributed by atoms with Gasteiger partial charge in [0.25, 0.3) is 5.91 Å². The molecule has 2 aromatic rings. The lowest BCUT2D eigenvalue weighted by Gasteiger charge is -2.10. The van der Waals surface area contributed by atoms with Crippen molar-refractivity contribution in [2.45, 2.75) is 24.0 Å². The summed E-state index contributed by atoms with van der Waals surface area (Å²) in [6.45, 7) is 1.33. The smallest absolute Gasteiger partial charge is 0.266 e. The van der Waals surface area contributed by atoms with Crippen LogP contribution in [-0.4, -0.2) is 47.0 Å². The summed E-state index contributed by atoms with van der Waals surface area (Å²) in [7, 11) is 0. The zero-order valence-corrected chi connectivity index (χ0v) is 15.1. The van der Waals surface area contributed by atoms with Crippen molar-refractivity contribution in [2.24, 2.45) is 0 Å². The van der Waals surface area contributed by atoms with Crippen molar-refractivity contribution < 1.29 is 14.3 Å². The molecule has 2 N–H and O–H groups in total. The van der Waals surface area contributed by atoms with Gasteiger partial charge in [-0.1, -0.05) is 17.8 Å². The van der Waals surface area contributed by atoms with Crippen molar-refractivity contribution >= 4 is 40.7 Å². The zero-order chi connectivity index (χ0) is 17.5. The van der Waals surface area contributed by atoms with Gasteiger partial charge in [-0.3, -0.25) is 9.59 Å². The molecule has 0 spiro atoms. The van der Waals surface area contributed by atoms with E-state index < -0.39 is 0 Å². The van der Waals surface area contributed by atoms with Gasteiger partial charge in [0.2, 0.25) is 5.91 Å². The summed E-state index contributed by atoms with van der Waals surface area (Å²) < 4.78 is 5.46. The second-order valence-electron chi connectivity index (χ2n) is 5.42. The first kappa shape index (κ1) is 17.8. The van der Waals surface area contributed by atoms with Crippen LogP contribution in [0.15, 0.2) is 34.7 Å². The molecule has 0 radical (unpaired) electrons. The van der Waals surface area contributed by atoms with Crippen LogP contribution in [0, 0.1) is 0 Å². The molecule has 0 aliphatic carbocycles. The number of ether oxygens (including phenoxy) is 1. The van der Waals surface area contributed by atoms with E-state index in [2.05, 4.69) is 20.8 Å². The van der Waals surface area contributed by atoms with E-state index in [1.165, 1.54) is 23.1 Å². The van der Waals surface area contributed by atoms with Crippen LogP contribution in [-0.2, 0) is 9.53 Å². The van der Waals surface area contributed by atoms with E-state index in [0.717, 1.165) is 19.4 Å². The number of thiophene rings is 1. The van der Waals surface area contributed by atoms with Gasteiger partial charge < -0.3 is 15.4 Å². The summed E-state index contributed by atoms with van der Waals surface area (Å²) in [5.74, 6) is 0.378. The predicted octanol–water partition coefficient (Wildman–Crippen LogP) is 2.18. The number of carbonyl (C=O) groups excluding carboxylic acids is 2. The molecule has 0 aromatic carbocycles. The third-order valence-corrected chi connectivity index (χ3v) is 5.32. The highest BCUT2D eigenvalue weighted by molar-refractivity contribution is 7.99. The number of hydrogen-bond acceptors (Lipinski definition) is 7. The Bertz CT molecular complexity index is 701. The quantitative estimate of drug-likeness (QED) is 0.718. The number of aromatic nitrogens is 2. The Morgan fingerprint density at radius 2 is 2.24 bits per heavy atom. The third kappa shape index (κ3) is 5.52. The minimum atomic E-state index is -0.210. The van der Waals surface area contributed by atoms with E-state index in [-0.39, 0.29) is 23.7 Å². The maximum atomic E-state index is 11.9. The molecule has 1 unspecified atom stereocenters. The average Bonchev–Trinajstić information content (AvgIpc) is 3.33. The number of hydrogen-bond donors (Lipinski definition) is 2. The molecule has 2 amide bonds. The largest absolute Gasteiger partial charge is 0.376 e. The van der Waals surface area contributed by atoms with Gasteiger partial charge in [0.15, 0.2) is 5.82 Å². The molecule has 3 heterocycles. The van der Waals surface area contributed by atoms with E-state index in [9.17, 15) is 9.59 Å². The normalized spacial score (nSPS) is 16.6. The number of thioether (sulfide) groups is 1. The topological polar surface area (TPSA) is 93.2 Å². The summed E-state index contributed by atoms with van der Waals surface area (Å²) in [4.78, 5) is 24.4. The molecule has 0 saturated carbocycles. The Labute approximate surface area is 153 Å². The molecular weight excluding hydrogens is 360 g/mol. The van der Waals surface area contributed by atoms with Crippen molar-refractivity contribution in [1.29, 1.82) is 0 Å². The van der Waals surface area contributed by atoms with E-state index in [1.807, 2.05) is 11.4 Å². The maximum Gasteiger partial charge on any atom is 0.266 e. The van der Waals surface area contributed by atoms with E-state index in [0.29, 0.717) is 22.3 Å². The molecule has 2 aromatic heterocycles. The number of amides is 2. The lowest BCUT2D eigenvalue weighted by atomic mass is 10.2. The predicted molar refractivity (Wildman–Crippen MR) is 97.0 cm³/mol. The van der Waals surface area contributed by atoms with Crippen molar-refractivity contribution in [2.75, 3.05) is 24.2 Å². The van der Waals surface area contributed by atoms with E-state index in [4.69, 9.17) is 4.74 Å². The van der Waals surface area contributed by atoms with Gasteiger partial charge in [0.1, 0.15) is 5.03 Å². The highest BCUT2D eigenvalue weighted by Gasteiger charge is 2.16.